The van der Waals surface area contributed by atoms with Crippen molar-refractivity contribution < 1.29 is 4.42 Å². The van der Waals surface area contributed by atoms with Crippen molar-refractivity contribution in [3.8, 4) is 23.5 Å². The van der Waals surface area contributed by atoms with Crippen LogP contribution in [0.3, 0.4) is 0 Å². The second-order valence-electron chi connectivity index (χ2n) is 15.5. The molecule has 62 heavy (non-hydrogen) atoms. The molecule has 12 aromatic rings. The van der Waals surface area contributed by atoms with Gasteiger partial charge in [-0.15, -0.1) is 10.0 Å². The van der Waals surface area contributed by atoms with Gasteiger partial charge in [0.1, 0.15) is 11.2 Å². The smallest absolute Gasteiger partial charge is 0.137 e. The average Bonchev–Trinajstić information content (AvgIpc) is 4.00. The molecule has 0 aliphatic carbocycles. The van der Waals surface area contributed by atoms with Crippen molar-refractivity contribution >= 4 is 75.6 Å². The summed E-state index contributed by atoms with van der Waals surface area (Å²) >= 11 is 0. The van der Waals surface area contributed by atoms with Crippen molar-refractivity contribution in [2.75, 3.05) is 0 Å². The van der Waals surface area contributed by atoms with Crippen LogP contribution in [0.25, 0.3) is 76.9 Å². The fourth-order valence-corrected chi connectivity index (χ4v) is 13.6. The summed E-state index contributed by atoms with van der Waals surface area (Å²) in [5, 5.41) is 27.3. The van der Waals surface area contributed by atoms with Gasteiger partial charge >= 0.3 is 0 Å². The van der Waals surface area contributed by atoms with Crippen LogP contribution in [0.2, 0.25) is 0 Å². The molecule has 5 nitrogen and oxygen atoms in total. The Bertz CT molecular complexity index is 3810. The third kappa shape index (κ3) is 5.15. The molecule has 0 N–H and O–H groups in total. The van der Waals surface area contributed by atoms with Gasteiger partial charge in [-0.05, 0) is 109 Å². The highest BCUT2D eigenvalue weighted by Gasteiger charge is 2.35. The Morgan fingerprint density at radius 1 is 0.371 bits per heavy atom. The number of furan rings is 1. The van der Waals surface area contributed by atoms with E-state index in [1.54, 1.807) is 0 Å². The van der Waals surface area contributed by atoms with Crippen LogP contribution in [0.5, 0.6) is 0 Å². The van der Waals surface area contributed by atoms with Gasteiger partial charge in [-0.2, -0.15) is 10.5 Å². The molecule has 0 bridgehead atoms. The Kier molecular flexibility index (Phi) is 7.99. The third-order valence-corrected chi connectivity index (χ3v) is 16.1. The number of benzene rings is 9. The first kappa shape index (κ1) is 35.6. The Morgan fingerprint density at radius 3 is 1.69 bits per heavy atom. The summed E-state index contributed by atoms with van der Waals surface area (Å²) < 4.78 is 11.1. The Balaban J connectivity index is 1.19. The van der Waals surface area contributed by atoms with Crippen LogP contribution in [0.15, 0.2) is 230 Å². The van der Waals surface area contributed by atoms with Crippen molar-refractivity contribution in [1.29, 1.82) is 10.5 Å². The van der Waals surface area contributed by atoms with Gasteiger partial charge in [-0.3, -0.25) is 0 Å². The minimum Gasteiger partial charge on any atom is -0.456 e. The number of hydrogen-bond acceptors (Lipinski definition) is 3. The van der Waals surface area contributed by atoms with E-state index < -0.39 is 10.0 Å². The molecule has 0 spiro atoms. The standard InChI is InChI=1S/C56H34N4OS/c57-35-37-26-28-52-49(32-37)46-21-8-10-23-50(46)59(52)40-30-38(36-58)31-44(34-40)62(41-15-3-1-4-16-41,42-17-5-2-6-18-42)43-19-13-14-39(33-43)60-51-24-11-7-20-45(51)47-27-29-54-55(56(47)60)48-22-9-12-25-53(48)61-54/h1-34H. The predicted octanol–water partition coefficient (Wildman–Crippen LogP) is 14.9. The van der Waals surface area contributed by atoms with E-state index in [2.05, 4.69) is 179 Å². The Hall–Kier alpha value is -8.29. The van der Waals surface area contributed by atoms with Crippen molar-refractivity contribution in [2.24, 2.45) is 0 Å². The lowest BCUT2D eigenvalue weighted by molar-refractivity contribution is 0.669. The molecule has 0 aliphatic heterocycles. The molecule has 3 aromatic heterocycles. The molecule has 0 amide bonds. The average molecular weight is 811 g/mol. The minimum atomic E-state index is -2.30. The fraction of sp³-hybridized carbons (Fsp3) is 0. The molecule has 6 heteroatoms. The van der Waals surface area contributed by atoms with E-state index in [1.165, 1.54) is 5.39 Å². The number of hydrogen-bond donors (Lipinski definition) is 0. The van der Waals surface area contributed by atoms with E-state index in [-0.39, 0.29) is 0 Å². The lowest BCUT2D eigenvalue weighted by atomic mass is 10.1. The number of nitriles is 2. The molecule has 0 saturated heterocycles. The second-order valence-corrected chi connectivity index (χ2v) is 18.7. The van der Waals surface area contributed by atoms with Crippen LogP contribution in [0, 0.1) is 22.7 Å². The molecule has 9 aromatic carbocycles. The second kappa shape index (κ2) is 13.9. The normalized spacial score (nSPS) is 12.1. The summed E-state index contributed by atoms with van der Waals surface area (Å²) in [6.07, 6.45) is 0. The molecule has 3 heterocycles. The summed E-state index contributed by atoms with van der Waals surface area (Å²) in [5.74, 6) is 0. The highest BCUT2D eigenvalue weighted by atomic mass is 32.3. The lowest BCUT2D eigenvalue weighted by Gasteiger charge is -2.42. The predicted molar refractivity (Wildman–Crippen MR) is 252 cm³/mol. The van der Waals surface area contributed by atoms with Crippen molar-refractivity contribution in [1.82, 2.24) is 9.13 Å². The Labute approximate surface area is 358 Å². The molecule has 0 unspecified atom stereocenters. The van der Waals surface area contributed by atoms with Gasteiger partial charge in [0.05, 0.1) is 50.7 Å². The molecule has 290 valence electrons. The van der Waals surface area contributed by atoms with Gasteiger partial charge in [-0.1, -0.05) is 97.1 Å². The molecule has 0 fully saturated rings. The Morgan fingerprint density at radius 2 is 0.968 bits per heavy atom. The molecular formula is C56H34N4OS. The van der Waals surface area contributed by atoms with Crippen LogP contribution in [-0.4, -0.2) is 9.13 Å². The molecular weight excluding hydrogens is 777 g/mol. The van der Waals surface area contributed by atoms with Gasteiger partial charge in [0, 0.05) is 57.9 Å². The fourth-order valence-electron chi connectivity index (χ4n) is 9.69. The highest BCUT2D eigenvalue weighted by molar-refractivity contribution is 8.34. The van der Waals surface area contributed by atoms with Gasteiger partial charge < -0.3 is 13.6 Å². The first-order valence-corrected chi connectivity index (χ1v) is 22.2. The maximum atomic E-state index is 10.9. The van der Waals surface area contributed by atoms with E-state index in [0.717, 1.165) is 91.1 Å². The van der Waals surface area contributed by atoms with Crippen LogP contribution in [0.1, 0.15) is 11.1 Å². The number of para-hydroxylation sites is 3. The summed E-state index contributed by atoms with van der Waals surface area (Å²) in [6.45, 7) is 0. The summed E-state index contributed by atoms with van der Waals surface area (Å²) in [6, 6.07) is 77.2. The molecule has 12 rings (SSSR count). The number of fused-ring (bicyclic) bond motifs is 10. The largest absolute Gasteiger partial charge is 0.456 e. The van der Waals surface area contributed by atoms with Crippen molar-refractivity contribution in [3.05, 3.63) is 217 Å². The van der Waals surface area contributed by atoms with E-state index in [0.29, 0.717) is 11.1 Å². The maximum absolute atomic E-state index is 10.9. The molecule has 0 radical (unpaired) electrons. The van der Waals surface area contributed by atoms with Crippen LogP contribution >= 0.6 is 10.0 Å². The van der Waals surface area contributed by atoms with Gasteiger partial charge in [0.2, 0.25) is 0 Å². The number of aromatic nitrogens is 2. The van der Waals surface area contributed by atoms with E-state index in [1.807, 2.05) is 48.5 Å². The summed E-state index contributed by atoms with van der Waals surface area (Å²) in [4.78, 5) is 4.46. The van der Waals surface area contributed by atoms with Gasteiger partial charge in [0.15, 0.2) is 0 Å². The molecule has 0 saturated carbocycles. The topological polar surface area (TPSA) is 70.6 Å². The van der Waals surface area contributed by atoms with Crippen LogP contribution in [0.4, 0.5) is 0 Å². The number of nitrogens with zero attached hydrogens (tertiary/aromatic N) is 4. The zero-order valence-electron chi connectivity index (χ0n) is 33.2. The van der Waals surface area contributed by atoms with E-state index in [4.69, 9.17) is 4.42 Å². The SMILES string of the molecule is N#Cc1cc(-n2c3ccccc3c3cc(C#N)ccc32)cc(S(c2ccccc2)(c2ccccc2)c2cccc(-n3c4ccccc4c4ccc5oc6ccccc6c5c43)c2)c1. The van der Waals surface area contributed by atoms with Gasteiger partial charge in [0.25, 0.3) is 0 Å². The van der Waals surface area contributed by atoms with E-state index in [9.17, 15) is 10.5 Å². The first-order valence-electron chi connectivity index (χ1n) is 20.5. The molecule has 0 aliphatic rings. The summed E-state index contributed by atoms with van der Waals surface area (Å²) in [7, 11) is -2.30. The zero-order valence-corrected chi connectivity index (χ0v) is 34.1. The number of rotatable bonds is 6. The lowest BCUT2D eigenvalue weighted by Crippen LogP contribution is -2.08. The van der Waals surface area contributed by atoms with Crippen molar-refractivity contribution in [3.63, 3.8) is 0 Å². The maximum Gasteiger partial charge on any atom is 0.137 e. The van der Waals surface area contributed by atoms with Crippen LogP contribution < -0.4 is 0 Å². The van der Waals surface area contributed by atoms with Crippen LogP contribution in [-0.2, 0) is 0 Å². The van der Waals surface area contributed by atoms with Gasteiger partial charge in [-0.25, -0.2) is 0 Å². The third-order valence-electron chi connectivity index (χ3n) is 12.2. The summed E-state index contributed by atoms with van der Waals surface area (Å²) in [5.41, 5.74) is 8.97. The first-order chi connectivity index (χ1) is 30.6. The monoisotopic (exact) mass is 810 g/mol. The van der Waals surface area contributed by atoms with Crippen molar-refractivity contribution in [2.45, 2.75) is 19.6 Å². The quantitative estimate of drug-likeness (QED) is 0.168. The molecule has 0 atom stereocenters. The zero-order chi connectivity index (χ0) is 41.4. The minimum absolute atomic E-state index is 0.564. The van der Waals surface area contributed by atoms with E-state index >= 15 is 0 Å². The highest BCUT2D eigenvalue weighted by Crippen LogP contribution is 2.74.